The van der Waals surface area contributed by atoms with Crippen molar-refractivity contribution in [2.45, 2.75) is 32.9 Å². The Bertz CT molecular complexity index is 198. The van der Waals surface area contributed by atoms with Crippen molar-refractivity contribution in [3.8, 4) is 0 Å². The van der Waals surface area contributed by atoms with E-state index in [0.29, 0.717) is 19.8 Å². The van der Waals surface area contributed by atoms with Gasteiger partial charge in [0.15, 0.2) is 6.10 Å². The standard InChI is InChI=1S/C11H23NO4/c1-5-12(9(3)8-15-4)7-10(11(13)14)16-6-2/h9-10H,5-8H2,1-4H3,(H,13,14). The van der Waals surface area contributed by atoms with E-state index in [1.165, 1.54) is 0 Å². The van der Waals surface area contributed by atoms with Crippen molar-refractivity contribution in [2.75, 3.05) is 33.4 Å². The molecule has 2 unspecified atom stereocenters. The van der Waals surface area contributed by atoms with Crippen molar-refractivity contribution in [1.29, 1.82) is 0 Å². The largest absolute Gasteiger partial charge is 0.479 e. The Morgan fingerprint density at radius 3 is 2.44 bits per heavy atom. The van der Waals surface area contributed by atoms with Gasteiger partial charge in [-0.2, -0.15) is 0 Å². The third-order valence-electron chi connectivity index (χ3n) is 2.48. The summed E-state index contributed by atoms with van der Waals surface area (Å²) in [6, 6.07) is 0.192. The van der Waals surface area contributed by atoms with E-state index in [1.54, 1.807) is 14.0 Å². The van der Waals surface area contributed by atoms with Gasteiger partial charge in [0.2, 0.25) is 0 Å². The zero-order valence-electron chi connectivity index (χ0n) is 10.6. The summed E-state index contributed by atoms with van der Waals surface area (Å²) >= 11 is 0. The van der Waals surface area contributed by atoms with Gasteiger partial charge in [0.25, 0.3) is 0 Å². The third-order valence-corrected chi connectivity index (χ3v) is 2.48. The topological polar surface area (TPSA) is 59.0 Å². The van der Waals surface area contributed by atoms with Crippen LogP contribution in [0.5, 0.6) is 0 Å². The molecule has 0 amide bonds. The number of hydrogen-bond donors (Lipinski definition) is 1. The number of carbonyl (C=O) groups is 1. The van der Waals surface area contributed by atoms with Crippen LogP contribution in [-0.2, 0) is 14.3 Å². The fraction of sp³-hybridized carbons (Fsp3) is 0.909. The van der Waals surface area contributed by atoms with Gasteiger partial charge >= 0.3 is 5.97 Å². The molecule has 96 valence electrons. The number of ether oxygens (including phenoxy) is 2. The molecule has 5 nitrogen and oxygen atoms in total. The molecule has 0 radical (unpaired) electrons. The van der Waals surface area contributed by atoms with E-state index < -0.39 is 12.1 Å². The van der Waals surface area contributed by atoms with Crippen molar-refractivity contribution in [3.05, 3.63) is 0 Å². The predicted octanol–water partition coefficient (Wildman–Crippen LogP) is 0.833. The van der Waals surface area contributed by atoms with Gasteiger partial charge in [0.1, 0.15) is 0 Å². The van der Waals surface area contributed by atoms with E-state index in [4.69, 9.17) is 14.6 Å². The van der Waals surface area contributed by atoms with Crippen LogP contribution in [-0.4, -0.2) is 61.5 Å². The summed E-state index contributed by atoms with van der Waals surface area (Å²) in [4.78, 5) is 13.0. The van der Waals surface area contributed by atoms with Gasteiger partial charge in [-0.25, -0.2) is 4.79 Å². The number of rotatable bonds is 9. The lowest BCUT2D eigenvalue weighted by molar-refractivity contribution is -0.151. The molecule has 0 heterocycles. The molecule has 0 aromatic rings. The SMILES string of the molecule is CCOC(CN(CC)C(C)COC)C(=O)O. The quantitative estimate of drug-likeness (QED) is 0.639. The lowest BCUT2D eigenvalue weighted by Gasteiger charge is -2.29. The number of methoxy groups -OCH3 is 1. The first-order valence-corrected chi connectivity index (χ1v) is 5.64. The van der Waals surface area contributed by atoms with Crippen molar-refractivity contribution in [3.63, 3.8) is 0 Å². The van der Waals surface area contributed by atoms with Gasteiger partial charge in [0.05, 0.1) is 6.61 Å². The molecule has 0 aliphatic rings. The van der Waals surface area contributed by atoms with Gasteiger partial charge in [-0.1, -0.05) is 6.92 Å². The van der Waals surface area contributed by atoms with E-state index in [9.17, 15) is 4.79 Å². The molecular weight excluding hydrogens is 210 g/mol. The second kappa shape index (κ2) is 8.50. The fourth-order valence-corrected chi connectivity index (χ4v) is 1.58. The molecule has 0 aromatic heterocycles. The number of carboxylic acid groups (broad SMARTS) is 1. The van der Waals surface area contributed by atoms with Crippen molar-refractivity contribution in [1.82, 2.24) is 4.90 Å². The van der Waals surface area contributed by atoms with Crippen LogP contribution < -0.4 is 0 Å². The molecule has 16 heavy (non-hydrogen) atoms. The van der Waals surface area contributed by atoms with Crippen LogP contribution in [0.3, 0.4) is 0 Å². The Labute approximate surface area is 97.3 Å². The molecule has 0 aromatic carbocycles. The summed E-state index contributed by atoms with van der Waals surface area (Å²) in [6.07, 6.45) is -0.760. The molecule has 2 atom stereocenters. The van der Waals surface area contributed by atoms with Crippen molar-refractivity contribution < 1.29 is 19.4 Å². The van der Waals surface area contributed by atoms with Crippen LogP contribution in [0, 0.1) is 0 Å². The maximum atomic E-state index is 10.9. The van der Waals surface area contributed by atoms with Gasteiger partial charge in [0, 0.05) is 26.3 Å². The predicted molar refractivity (Wildman–Crippen MR) is 61.6 cm³/mol. The zero-order valence-corrected chi connectivity index (χ0v) is 10.6. The first-order chi connectivity index (χ1) is 7.56. The monoisotopic (exact) mass is 233 g/mol. The molecule has 0 bridgehead atoms. The minimum absolute atomic E-state index is 0.192. The summed E-state index contributed by atoms with van der Waals surface area (Å²) in [7, 11) is 1.64. The summed E-state index contributed by atoms with van der Waals surface area (Å²) in [5.74, 6) is -0.912. The summed E-state index contributed by atoms with van der Waals surface area (Å²) in [5, 5.41) is 8.98. The van der Waals surface area contributed by atoms with E-state index in [0.717, 1.165) is 6.54 Å². The Morgan fingerprint density at radius 2 is 2.06 bits per heavy atom. The lowest BCUT2D eigenvalue weighted by atomic mass is 10.2. The summed E-state index contributed by atoms with van der Waals surface area (Å²) in [5.41, 5.74) is 0. The minimum atomic E-state index is -0.912. The highest BCUT2D eigenvalue weighted by Crippen LogP contribution is 2.04. The Balaban J connectivity index is 4.30. The van der Waals surface area contributed by atoms with Crippen LogP contribution >= 0.6 is 0 Å². The van der Waals surface area contributed by atoms with Crippen LogP contribution in [0.2, 0.25) is 0 Å². The molecule has 0 fully saturated rings. The number of likely N-dealkylation sites (N-methyl/N-ethyl adjacent to an activating group) is 1. The fourth-order valence-electron chi connectivity index (χ4n) is 1.58. The highest BCUT2D eigenvalue weighted by atomic mass is 16.5. The minimum Gasteiger partial charge on any atom is -0.479 e. The molecule has 0 spiro atoms. The Kier molecular flexibility index (Phi) is 8.15. The maximum Gasteiger partial charge on any atom is 0.334 e. The average molecular weight is 233 g/mol. The first kappa shape index (κ1) is 15.3. The van der Waals surface area contributed by atoms with Gasteiger partial charge in [-0.05, 0) is 20.4 Å². The molecule has 0 saturated carbocycles. The second-order valence-electron chi connectivity index (χ2n) is 3.67. The normalized spacial score (nSPS) is 15.1. The smallest absolute Gasteiger partial charge is 0.334 e. The number of carboxylic acids is 1. The second-order valence-corrected chi connectivity index (χ2v) is 3.67. The molecule has 5 heteroatoms. The number of hydrogen-bond acceptors (Lipinski definition) is 4. The highest BCUT2D eigenvalue weighted by Gasteiger charge is 2.23. The summed E-state index contributed by atoms with van der Waals surface area (Å²) < 4.78 is 10.2. The zero-order chi connectivity index (χ0) is 12.6. The maximum absolute atomic E-state index is 10.9. The molecular formula is C11H23NO4. The van der Waals surface area contributed by atoms with Gasteiger partial charge in [-0.3, -0.25) is 4.90 Å². The summed E-state index contributed by atoms with van der Waals surface area (Å²) in [6.45, 7) is 7.98. The van der Waals surface area contributed by atoms with Gasteiger partial charge < -0.3 is 14.6 Å². The van der Waals surface area contributed by atoms with Gasteiger partial charge in [-0.15, -0.1) is 0 Å². The van der Waals surface area contributed by atoms with E-state index in [-0.39, 0.29) is 6.04 Å². The van der Waals surface area contributed by atoms with Crippen molar-refractivity contribution in [2.24, 2.45) is 0 Å². The highest BCUT2D eigenvalue weighted by molar-refractivity contribution is 5.72. The Morgan fingerprint density at radius 1 is 1.44 bits per heavy atom. The van der Waals surface area contributed by atoms with E-state index in [1.807, 2.05) is 18.7 Å². The number of aliphatic carboxylic acids is 1. The average Bonchev–Trinajstić information content (AvgIpc) is 2.24. The van der Waals surface area contributed by atoms with E-state index >= 15 is 0 Å². The molecule has 1 N–H and O–H groups in total. The Hall–Kier alpha value is -0.650. The van der Waals surface area contributed by atoms with Crippen LogP contribution in [0.4, 0.5) is 0 Å². The van der Waals surface area contributed by atoms with Crippen LogP contribution in [0.25, 0.3) is 0 Å². The molecule has 0 aliphatic carbocycles. The number of nitrogens with zero attached hydrogens (tertiary/aromatic N) is 1. The molecule has 0 rings (SSSR count). The lowest BCUT2D eigenvalue weighted by Crippen LogP contribution is -2.44. The first-order valence-electron chi connectivity index (χ1n) is 5.64. The van der Waals surface area contributed by atoms with Crippen LogP contribution in [0.15, 0.2) is 0 Å². The molecule has 0 saturated heterocycles. The van der Waals surface area contributed by atoms with E-state index in [2.05, 4.69) is 0 Å². The van der Waals surface area contributed by atoms with Crippen LogP contribution in [0.1, 0.15) is 20.8 Å². The molecule has 0 aliphatic heterocycles. The third kappa shape index (κ3) is 5.44. The van der Waals surface area contributed by atoms with Crippen molar-refractivity contribution >= 4 is 5.97 Å².